The average molecular weight is 555 g/mol. The number of nitrogens with two attached hydrogens (primary N) is 2. The Bertz CT molecular complexity index is 1150. The van der Waals surface area contributed by atoms with Crippen molar-refractivity contribution >= 4 is 35.5 Å². The van der Waals surface area contributed by atoms with Crippen LogP contribution in [0, 0.1) is 5.92 Å². The van der Waals surface area contributed by atoms with Gasteiger partial charge in [0.1, 0.15) is 18.7 Å². The van der Waals surface area contributed by atoms with Crippen molar-refractivity contribution in [1.82, 2.24) is 16.0 Å². The van der Waals surface area contributed by atoms with Crippen LogP contribution in [0.1, 0.15) is 55.5 Å². The highest BCUT2D eigenvalue weighted by atomic mass is 16.5. The van der Waals surface area contributed by atoms with E-state index in [0.717, 1.165) is 5.56 Å². The topological polar surface area (TPSA) is 198 Å². The number of rotatable bonds is 15. The van der Waals surface area contributed by atoms with E-state index in [2.05, 4.69) is 20.9 Å². The summed E-state index contributed by atoms with van der Waals surface area (Å²) < 4.78 is 5.14. The highest BCUT2D eigenvalue weighted by molar-refractivity contribution is 5.98. The summed E-state index contributed by atoms with van der Waals surface area (Å²) >= 11 is 0. The Kier molecular flexibility index (Phi) is 12.9. The predicted octanol–water partition coefficient (Wildman–Crippen LogP) is 2.40. The third-order valence-electron chi connectivity index (χ3n) is 5.73. The number of aliphatic carboxylic acids is 1. The second kappa shape index (κ2) is 16.4. The second-order valence-corrected chi connectivity index (χ2v) is 9.62. The molecule has 8 N–H and O–H groups in total. The first-order valence-electron chi connectivity index (χ1n) is 13.0. The lowest BCUT2D eigenvalue weighted by atomic mass is 10.0. The molecule has 0 heterocycles. The smallest absolute Gasteiger partial charge is 0.407 e. The third kappa shape index (κ3) is 11.8. The number of guanidine groups is 1. The summed E-state index contributed by atoms with van der Waals surface area (Å²) in [5, 5.41) is 17.5. The van der Waals surface area contributed by atoms with Gasteiger partial charge in [-0.2, -0.15) is 0 Å². The largest absolute Gasteiger partial charge is 0.480 e. The summed E-state index contributed by atoms with van der Waals surface area (Å²) in [5.41, 5.74) is 12.3. The van der Waals surface area contributed by atoms with Gasteiger partial charge in [-0.3, -0.25) is 9.59 Å². The number of hydrogen-bond acceptors (Lipinski definition) is 6. The summed E-state index contributed by atoms with van der Waals surface area (Å²) in [7, 11) is 0. The van der Waals surface area contributed by atoms with Gasteiger partial charge in [-0.1, -0.05) is 44.2 Å². The zero-order valence-corrected chi connectivity index (χ0v) is 22.8. The van der Waals surface area contributed by atoms with Crippen molar-refractivity contribution in [3.05, 3.63) is 65.7 Å². The van der Waals surface area contributed by atoms with E-state index in [1.165, 1.54) is 12.1 Å². The van der Waals surface area contributed by atoms with Crippen molar-refractivity contribution in [3.8, 4) is 0 Å². The minimum Gasteiger partial charge on any atom is -0.480 e. The van der Waals surface area contributed by atoms with Crippen molar-refractivity contribution in [2.45, 2.75) is 58.2 Å². The van der Waals surface area contributed by atoms with E-state index in [9.17, 15) is 24.3 Å². The van der Waals surface area contributed by atoms with E-state index in [1.54, 1.807) is 12.1 Å². The van der Waals surface area contributed by atoms with E-state index in [-0.39, 0.29) is 24.9 Å². The number of hydrogen-bond donors (Lipinski definition) is 6. The molecular formula is C28H38N6O6. The highest BCUT2D eigenvalue weighted by Crippen LogP contribution is 2.14. The number of amides is 3. The van der Waals surface area contributed by atoms with Crippen molar-refractivity contribution < 1.29 is 29.0 Å². The van der Waals surface area contributed by atoms with Crippen LogP contribution < -0.4 is 27.4 Å². The van der Waals surface area contributed by atoms with Gasteiger partial charge in [0.15, 0.2) is 5.96 Å². The van der Waals surface area contributed by atoms with Gasteiger partial charge < -0.3 is 37.3 Å². The summed E-state index contributed by atoms with van der Waals surface area (Å²) in [6.45, 7) is 4.23. The molecule has 3 amide bonds. The van der Waals surface area contributed by atoms with Gasteiger partial charge in [0, 0.05) is 12.1 Å². The van der Waals surface area contributed by atoms with E-state index >= 15 is 0 Å². The SMILES string of the molecule is CC(C)C[C@H](NC(=O)c1ccc(N=C(N)N)cc1)C(=O)N[C@@H](CCCCNC(=O)OCc1ccccc1)C(=O)O. The van der Waals surface area contributed by atoms with Gasteiger partial charge in [-0.05, 0) is 61.4 Å². The summed E-state index contributed by atoms with van der Waals surface area (Å²) in [6, 6.07) is 13.3. The zero-order chi connectivity index (χ0) is 29.5. The second-order valence-electron chi connectivity index (χ2n) is 9.62. The zero-order valence-electron chi connectivity index (χ0n) is 22.8. The highest BCUT2D eigenvalue weighted by Gasteiger charge is 2.27. The van der Waals surface area contributed by atoms with Crippen LogP contribution in [-0.4, -0.2) is 53.6 Å². The fourth-order valence-corrected chi connectivity index (χ4v) is 3.75. The minimum absolute atomic E-state index is 0.0521. The molecule has 0 aliphatic rings. The van der Waals surface area contributed by atoms with Crippen LogP contribution in [0.2, 0.25) is 0 Å². The number of unbranched alkanes of at least 4 members (excludes halogenated alkanes) is 1. The molecule has 216 valence electrons. The molecule has 0 aromatic heterocycles. The van der Waals surface area contributed by atoms with Gasteiger partial charge in [0.25, 0.3) is 5.91 Å². The first kappa shape index (κ1) is 31.6. The maximum atomic E-state index is 13.0. The molecule has 0 unspecified atom stereocenters. The Labute approximate surface area is 233 Å². The van der Waals surface area contributed by atoms with Gasteiger partial charge >= 0.3 is 12.1 Å². The van der Waals surface area contributed by atoms with Crippen LogP contribution >= 0.6 is 0 Å². The fraction of sp³-hybridized carbons (Fsp3) is 0.393. The predicted molar refractivity (Wildman–Crippen MR) is 151 cm³/mol. The number of nitrogens with one attached hydrogen (secondary N) is 3. The van der Waals surface area contributed by atoms with Crippen LogP contribution in [-0.2, 0) is 20.9 Å². The summed E-state index contributed by atoms with van der Waals surface area (Å²) in [4.78, 5) is 53.3. The number of benzene rings is 2. The molecule has 0 fully saturated rings. The molecule has 12 nitrogen and oxygen atoms in total. The van der Waals surface area contributed by atoms with Gasteiger partial charge in [-0.25, -0.2) is 14.6 Å². The lowest BCUT2D eigenvalue weighted by Crippen LogP contribution is -2.52. The van der Waals surface area contributed by atoms with Crippen molar-refractivity contribution in [2.24, 2.45) is 22.4 Å². The Hall–Kier alpha value is -4.61. The van der Waals surface area contributed by atoms with Crippen LogP contribution in [0.3, 0.4) is 0 Å². The number of carboxylic acids is 1. The molecule has 0 aliphatic carbocycles. The van der Waals surface area contributed by atoms with Crippen molar-refractivity contribution in [1.29, 1.82) is 0 Å². The first-order chi connectivity index (χ1) is 19.0. The molecule has 40 heavy (non-hydrogen) atoms. The summed E-state index contributed by atoms with van der Waals surface area (Å²) in [5.74, 6) is -2.33. The molecular weight excluding hydrogens is 516 g/mol. The number of carbonyl (C=O) groups excluding carboxylic acids is 3. The number of alkyl carbamates (subject to hydrolysis) is 1. The minimum atomic E-state index is -1.19. The maximum Gasteiger partial charge on any atom is 0.407 e. The number of carboxylic acid groups (broad SMARTS) is 1. The molecule has 2 atom stereocenters. The molecule has 2 aromatic rings. The Morgan fingerprint density at radius 1 is 0.925 bits per heavy atom. The molecule has 12 heteroatoms. The molecule has 0 saturated carbocycles. The van der Waals surface area contributed by atoms with Crippen LogP contribution in [0.5, 0.6) is 0 Å². The number of nitrogens with zero attached hydrogens (tertiary/aromatic N) is 1. The van der Waals surface area contributed by atoms with E-state index < -0.39 is 36.0 Å². The lowest BCUT2D eigenvalue weighted by molar-refractivity contribution is -0.142. The van der Waals surface area contributed by atoms with E-state index in [1.807, 2.05) is 44.2 Å². The normalized spacial score (nSPS) is 12.1. The van der Waals surface area contributed by atoms with E-state index in [4.69, 9.17) is 16.2 Å². The number of ether oxygens (including phenoxy) is 1. The molecule has 0 spiro atoms. The number of carbonyl (C=O) groups is 4. The molecule has 0 aliphatic heterocycles. The number of aliphatic imine (C=N–C) groups is 1. The van der Waals surface area contributed by atoms with Gasteiger partial charge in [0.05, 0.1) is 5.69 Å². The van der Waals surface area contributed by atoms with Gasteiger partial charge in [-0.15, -0.1) is 0 Å². The molecule has 0 bridgehead atoms. The van der Waals surface area contributed by atoms with Crippen molar-refractivity contribution in [3.63, 3.8) is 0 Å². The lowest BCUT2D eigenvalue weighted by Gasteiger charge is -2.23. The first-order valence-corrected chi connectivity index (χ1v) is 13.0. The van der Waals surface area contributed by atoms with Gasteiger partial charge in [0.2, 0.25) is 5.91 Å². The van der Waals surface area contributed by atoms with Crippen LogP contribution in [0.15, 0.2) is 59.6 Å². The molecule has 2 aromatic carbocycles. The molecule has 2 rings (SSSR count). The monoisotopic (exact) mass is 554 g/mol. The standard InChI is InChI=1S/C28H38N6O6/c1-18(2)16-23(34-24(35)20-11-13-21(14-12-20)32-27(29)30)25(36)33-22(26(37)38)10-6-7-15-31-28(39)40-17-19-8-4-3-5-9-19/h3-5,8-9,11-14,18,22-23H,6-7,10,15-17H2,1-2H3,(H,31,39)(H,33,36)(H,34,35)(H,37,38)(H4,29,30,32)/t22-,23-/m0/s1. The van der Waals surface area contributed by atoms with Crippen LogP contribution in [0.4, 0.5) is 10.5 Å². The Balaban J connectivity index is 1.84. The quantitative estimate of drug-likeness (QED) is 0.109. The third-order valence-corrected chi connectivity index (χ3v) is 5.73. The maximum absolute atomic E-state index is 13.0. The Morgan fingerprint density at radius 2 is 1.60 bits per heavy atom. The Morgan fingerprint density at radius 3 is 2.20 bits per heavy atom. The average Bonchev–Trinajstić information content (AvgIpc) is 2.90. The molecule has 0 saturated heterocycles. The fourth-order valence-electron chi connectivity index (χ4n) is 3.75. The summed E-state index contributed by atoms with van der Waals surface area (Å²) in [6.07, 6.45) is 0.813. The van der Waals surface area contributed by atoms with Crippen molar-refractivity contribution in [2.75, 3.05) is 6.54 Å². The van der Waals surface area contributed by atoms with Crippen LogP contribution in [0.25, 0.3) is 0 Å². The molecule has 0 radical (unpaired) electrons. The van der Waals surface area contributed by atoms with E-state index in [0.29, 0.717) is 37.1 Å².